The molecule has 0 aromatic carbocycles. The standard InChI is InChI=1S/C16H23N5O4/c1-8-19-11-14(20-9-4-2-3-5-9)17-7-18-15(11)21(8)16-13(24)12(23)10(6-22)25-16/h7,9-10,12-13,16,22-24H,2-6H2,1H3,(H,17,18,20)/t10-,12-,13-,16-/m1/s1. The van der Waals surface area contributed by atoms with Gasteiger partial charge in [-0.1, -0.05) is 12.8 Å². The number of aryl methyl sites for hydroxylation is 1. The van der Waals surface area contributed by atoms with Gasteiger partial charge in [0.25, 0.3) is 0 Å². The van der Waals surface area contributed by atoms with E-state index in [4.69, 9.17) is 4.74 Å². The summed E-state index contributed by atoms with van der Waals surface area (Å²) in [6.07, 6.45) is 2.07. The highest BCUT2D eigenvalue weighted by Crippen LogP contribution is 2.34. The van der Waals surface area contributed by atoms with Crippen LogP contribution in [0.2, 0.25) is 0 Å². The number of nitrogens with one attached hydrogen (secondary N) is 1. The predicted octanol–water partition coefficient (Wildman–Crippen LogP) is 0.101. The predicted molar refractivity (Wildman–Crippen MR) is 88.9 cm³/mol. The third-order valence-electron chi connectivity index (χ3n) is 5.12. The van der Waals surface area contributed by atoms with Crippen LogP contribution >= 0.6 is 0 Å². The Morgan fingerprint density at radius 2 is 2.00 bits per heavy atom. The van der Waals surface area contributed by atoms with E-state index in [2.05, 4.69) is 20.3 Å². The Balaban J connectivity index is 1.71. The van der Waals surface area contributed by atoms with Crippen LogP contribution in [0.15, 0.2) is 6.33 Å². The van der Waals surface area contributed by atoms with E-state index in [-0.39, 0.29) is 6.61 Å². The van der Waals surface area contributed by atoms with Gasteiger partial charge in [-0.25, -0.2) is 15.0 Å². The summed E-state index contributed by atoms with van der Waals surface area (Å²) in [6.45, 7) is 1.42. The molecule has 2 fully saturated rings. The first kappa shape index (κ1) is 16.6. The quantitative estimate of drug-likeness (QED) is 0.612. The molecule has 4 rings (SSSR count). The van der Waals surface area contributed by atoms with Gasteiger partial charge < -0.3 is 25.4 Å². The molecule has 2 aromatic heterocycles. The molecule has 3 heterocycles. The van der Waals surface area contributed by atoms with Crippen LogP contribution < -0.4 is 5.32 Å². The van der Waals surface area contributed by atoms with Crippen LogP contribution in [-0.2, 0) is 4.74 Å². The summed E-state index contributed by atoms with van der Waals surface area (Å²) in [5.74, 6) is 1.27. The minimum Gasteiger partial charge on any atom is -0.394 e. The van der Waals surface area contributed by atoms with E-state index in [1.54, 1.807) is 11.5 Å². The van der Waals surface area contributed by atoms with Crippen LogP contribution in [0.1, 0.15) is 37.7 Å². The molecule has 1 saturated heterocycles. The smallest absolute Gasteiger partial charge is 0.167 e. The normalized spacial score (nSPS) is 30.4. The molecule has 2 aliphatic rings. The van der Waals surface area contributed by atoms with Gasteiger partial charge in [-0.15, -0.1) is 0 Å². The number of aliphatic hydroxyl groups is 3. The first-order chi connectivity index (χ1) is 12.1. The van der Waals surface area contributed by atoms with E-state index in [0.29, 0.717) is 28.8 Å². The van der Waals surface area contributed by atoms with E-state index in [1.807, 2.05) is 0 Å². The van der Waals surface area contributed by atoms with Crippen molar-refractivity contribution in [3.8, 4) is 0 Å². The third-order valence-corrected chi connectivity index (χ3v) is 5.12. The van der Waals surface area contributed by atoms with Crippen LogP contribution in [0.4, 0.5) is 5.82 Å². The van der Waals surface area contributed by atoms with Gasteiger partial charge in [0.15, 0.2) is 23.2 Å². The van der Waals surface area contributed by atoms with Gasteiger partial charge in [0.1, 0.15) is 30.5 Å². The average molecular weight is 349 g/mol. The maximum Gasteiger partial charge on any atom is 0.167 e. The maximum atomic E-state index is 10.3. The summed E-state index contributed by atoms with van der Waals surface area (Å²) in [6, 6.07) is 0.387. The zero-order chi connectivity index (χ0) is 17.6. The Bertz CT molecular complexity index is 760. The van der Waals surface area contributed by atoms with Crippen molar-refractivity contribution in [1.82, 2.24) is 19.5 Å². The number of hydrogen-bond acceptors (Lipinski definition) is 8. The summed E-state index contributed by atoms with van der Waals surface area (Å²) < 4.78 is 7.29. The minimum absolute atomic E-state index is 0.371. The lowest BCUT2D eigenvalue weighted by Crippen LogP contribution is -2.33. The van der Waals surface area contributed by atoms with Crippen LogP contribution in [0.5, 0.6) is 0 Å². The highest BCUT2D eigenvalue weighted by molar-refractivity contribution is 5.83. The molecule has 9 nitrogen and oxygen atoms in total. The second kappa shape index (κ2) is 6.49. The number of imidazole rings is 1. The number of aromatic nitrogens is 4. The molecule has 0 bridgehead atoms. The molecule has 1 aliphatic heterocycles. The summed E-state index contributed by atoms with van der Waals surface area (Å²) in [4.78, 5) is 13.2. The highest BCUT2D eigenvalue weighted by atomic mass is 16.6. The highest BCUT2D eigenvalue weighted by Gasteiger charge is 2.44. The van der Waals surface area contributed by atoms with E-state index >= 15 is 0 Å². The van der Waals surface area contributed by atoms with Gasteiger partial charge in [0.2, 0.25) is 0 Å². The summed E-state index contributed by atoms with van der Waals surface area (Å²) in [5.41, 5.74) is 1.15. The number of rotatable bonds is 4. The SMILES string of the molecule is Cc1nc2c(NC3CCCC3)ncnc2n1[C@@H]1O[C@H](CO)[C@@H](O)[C@H]1O. The van der Waals surface area contributed by atoms with Gasteiger partial charge in [0, 0.05) is 6.04 Å². The number of hydrogen-bond donors (Lipinski definition) is 4. The lowest BCUT2D eigenvalue weighted by Gasteiger charge is -2.18. The lowest BCUT2D eigenvalue weighted by molar-refractivity contribution is -0.0519. The fraction of sp³-hybridized carbons (Fsp3) is 0.688. The van der Waals surface area contributed by atoms with Gasteiger partial charge in [-0.2, -0.15) is 0 Å². The van der Waals surface area contributed by atoms with E-state index in [1.165, 1.54) is 19.2 Å². The number of ether oxygens (including phenoxy) is 1. The first-order valence-electron chi connectivity index (χ1n) is 8.68. The summed E-state index contributed by atoms with van der Waals surface area (Å²) in [7, 11) is 0. The van der Waals surface area contributed by atoms with Gasteiger partial charge in [0.05, 0.1) is 6.61 Å². The number of fused-ring (bicyclic) bond motifs is 1. The van der Waals surface area contributed by atoms with Crippen molar-refractivity contribution in [2.45, 2.75) is 63.2 Å². The number of aliphatic hydroxyl groups excluding tert-OH is 3. The molecule has 2 aromatic rings. The van der Waals surface area contributed by atoms with E-state index in [9.17, 15) is 15.3 Å². The Hall–Kier alpha value is -1.81. The number of nitrogens with zero attached hydrogens (tertiary/aromatic N) is 4. The Morgan fingerprint density at radius 1 is 1.24 bits per heavy atom. The lowest BCUT2D eigenvalue weighted by atomic mass is 10.1. The molecule has 9 heteroatoms. The summed E-state index contributed by atoms with van der Waals surface area (Å²) in [5, 5.41) is 33.1. The van der Waals surface area contributed by atoms with Gasteiger partial charge in [-0.3, -0.25) is 4.57 Å². The molecule has 0 unspecified atom stereocenters. The molecule has 25 heavy (non-hydrogen) atoms. The number of anilines is 1. The van der Waals surface area contributed by atoms with Gasteiger partial charge >= 0.3 is 0 Å². The Kier molecular flexibility index (Phi) is 4.32. The molecule has 1 saturated carbocycles. The second-order valence-corrected chi connectivity index (χ2v) is 6.78. The molecule has 136 valence electrons. The zero-order valence-corrected chi connectivity index (χ0v) is 14.0. The molecular formula is C16H23N5O4. The van der Waals surface area contributed by atoms with E-state index < -0.39 is 24.5 Å². The van der Waals surface area contributed by atoms with Crippen molar-refractivity contribution < 1.29 is 20.1 Å². The second-order valence-electron chi connectivity index (χ2n) is 6.78. The summed E-state index contributed by atoms with van der Waals surface area (Å²) >= 11 is 0. The minimum atomic E-state index is -1.17. The topological polar surface area (TPSA) is 126 Å². The van der Waals surface area contributed by atoms with Crippen LogP contribution in [-0.4, -0.2) is 65.8 Å². The average Bonchev–Trinajstić information content (AvgIpc) is 3.29. The molecule has 4 N–H and O–H groups in total. The largest absolute Gasteiger partial charge is 0.394 e. The zero-order valence-electron chi connectivity index (χ0n) is 14.0. The molecular weight excluding hydrogens is 326 g/mol. The molecule has 0 radical (unpaired) electrons. The fourth-order valence-electron chi connectivity index (χ4n) is 3.78. The van der Waals surface area contributed by atoms with Crippen molar-refractivity contribution in [3.63, 3.8) is 0 Å². The van der Waals surface area contributed by atoms with Crippen LogP contribution in [0.25, 0.3) is 11.2 Å². The van der Waals surface area contributed by atoms with Crippen LogP contribution in [0, 0.1) is 6.92 Å². The van der Waals surface area contributed by atoms with E-state index in [0.717, 1.165) is 12.8 Å². The van der Waals surface area contributed by atoms with Crippen molar-refractivity contribution in [2.75, 3.05) is 11.9 Å². The van der Waals surface area contributed by atoms with Gasteiger partial charge in [-0.05, 0) is 19.8 Å². The molecule has 1 aliphatic carbocycles. The fourth-order valence-corrected chi connectivity index (χ4v) is 3.78. The maximum absolute atomic E-state index is 10.3. The third kappa shape index (κ3) is 2.77. The molecule has 0 amide bonds. The van der Waals surface area contributed by atoms with Crippen LogP contribution in [0.3, 0.4) is 0 Å². The van der Waals surface area contributed by atoms with Crippen molar-refractivity contribution >= 4 is 17.0 Å². The van der Waals surface area contributed by atoms with Crippen molar-refractivity contribution in [1.29, 1.82) is 0 Å². The Morgan fingerprint density at radius 3 is 2.68 bits per heavy atom. The Labute approximate surface area is 144 Å². The molecule has 0 spiro atoms. The molecule has 4 atom stereocenters. The van der Waals surface area contributed by atoms with Crippen molar-refractivity contribution in [3.05, 3.63) is 12.2 Å². The monoisotopic (exact) mass is 349 g/mol. The van der Waals surface area contributed by atoms with Crippen molar-refractivity contribution in [2.24, 2.45) is 0 Å². The first-order valence-corrected chi connectivity index (χ1v) is 8.68.